The molecule has 0 bridgehead atoms. The number of hydrogen-bond acceptors (Lipinski definition) is 5. The van der Waals surface area contributed by atoms with E-state index in [1.807, 2.05) is 16.7 Å². The predicted molar refractivity (Wildman–Crippen MR) is 105 cm³/mol. The Kier molecular flexibility index (Phi) is 5.93. The average Bonchev–Trinajstić information content (AvgIpc) is 2.97. The van der Waals surface area contributed by atoms with Gasteiger partial charge in [0.25, 0.3) is 0 Å². The lowest BCUT2D eigenvalue weighted by molar-refractivity contribution is 0.153. The number of carbonyl (C=O) groups is 1. The number of halogens is 2. The molecule has 0 aliphatic heterocycles. The van der Waals surface area contributed by atoms with E-state index in [2.05, 4.69) is 4.98 Å². The third kappa shape index (κ3) is 4.56. The molecule has 142 valence electrons. The second-order valence-electron chi connectivity index (χ2n) is 5.78. The van der Waals surface area contributed by atoms with E-state index < -0.39 is 6.09 Å². The van der Waals surface area contributed by atoms with Crippen molar-refractivity contribution >= 4 is 46.0 Å². The molecule has 1 aromatic heterocycles. The molecule has 1 heterocycles. The van der Waals surface area contributed by atoms with Crippen LogP contribution >= 0.6 is 23.2 Å². The molecule has 1 amide bonds. The van der Waals surface area contributed by atoms with E-state index in [4.69, 9.17) is 44.1 Å². The zero-order chi connectivity index (χ0) is 19.4. The second-order valence-corrected chi connectivity index (χ2v) is 6.62. The van der Waals surface area contributed by atoms with E-state index in [0.717, 1.165) is 11.0 Å². The molecule has 0 saturated carbocycles. The fourth-order valence-electron chi connectivity index (χ4n) is 2.74. The number of para-hydroxylation sites is 1. The minimum atomic E-state index is -0.800. The number of imidazole rings is 1. The van der Waals surface area contributed by atoms with Gasteiger partial charge >= 0.3 is 6.09 Å². The van der Waals surface area contributed by atoms with Gasteiger partial charge < -0.3 is 25.5 Å². The van der Waals surface area contributed by atoms with Crippen molar-refractivity contribution in [2.24, 2.45) is 5.73 Å². The van der Waals surface area contributed by atoms with Crippen molar-refractivity contribution in [1.29, 1.82) is 0 Å². The largest absolute Gasteiger partial charge is 0.484 e. The number of rotatable bonds is 7. The molecular weight excluding hydrogens is 391 g/mol. The highest BCUT2D eigenvalue weighted by Gasteiger charge is 2.14. The summed E-state index contributed by atoms with van der Waals surface area (Å²) in [7, 11) is 0. The van der Waals surface area contributed by atoms with Gasteiger partial charge in [-0.1, -0.05) is 29.3 Å². The number of benzene rings is 2. The van der Waals surface area contributed by atoms with Crippen molar-refractivity contribution in [3.8, 4) is 5.75 Å². The Morgan fingerprint density at radius 3 is 2.78 bits per heavy atom. The van der Waals surface area contributed by atoms with Crippen molar-refractivity contribution in [1.82, 2.24) is 9.55 Å². The van der Waals surface area contributed by atoms with Crippen molar-refractivity contribution < 1.29 is 14.3 Å². The van der Waals surface area contributed by atoms with Gasteiger partial charge in [-0.05, 0) is 36.8 Å². The first-order valence-electron chi connectivity index (χ1n) is 8.19. The van der Waals surface area contributed by atoms with Crippen LogP contribution in [0.1, 0.15) is 12.2 Å². The number of fused-ring (bicyclic) bond motifs is 1. The molecule has 0 fully saturated rings. The summed E-state index contributed by atoms with van der Waals surface area (Å²) in [5.74, 6) is 1.18. The van der Waals surface area contributed by atoms with Crippen molar-refractivity contribution in [2.75, 3.05) is 12.3 Å². The van der Waals surface area contributed by atoms with E-state index in [1.165, 1.54) is 0 Å². The van der Waals surface area contributed by atoms with Gasteiger partial charge in [-0.3, -0.25) is 0 Å². The summed E-state index contributed by atoms with van der Waals surface area (Å²) in [6.45, 7) is 0.919. The lowest BCUT2D eigenvalue weighted by Crippen LogP contribution is -2.15. The number of aryl methyl sites for hydroxylation is 1. The molecule has 0 aliphatic carbocycles. The second kappa shape index (κ2) is 8.37. The number of aromatic nitrogens is 2. The number of anilines is 1. The lowest BCUT2D eigenvalue weighted by atomic mass is 10.2. The van der Waals surface area contributed by atoms with Crippen LogP contribution in [0.3, 0.4) is 0 Å². The van der Waals surface area contributed by atoms with Gasteiger partial charge in [0.05, 0.1) is 28.4 Å². The van der Waals surface area contributed by atoms with Crippen LogP contribution in [-0.4, -0.2) is 22.3 Å². The molecule has 4 N–H and O–H groups in total. The van der Waals surface area contributed by atoms with Crippen molar-refractivity contribution in [3.63, 3.8) is 0 Å². The summed E-state index contributed by atoms with van der Waals surface area (Å²) in [5.41, 5.74) is 13.3. The third-order valence-electron chi connectivity index (χ3n) is 3.90. The van der Waals surface area contributed by atoms with Gasteiger partial charge in [-0.15, -0.1) is 0 Å². The summed E-state index contributed by atoms with van der Waals surface area (Å²) >= 11 is 12.1. The summed E-state index contributed by atoms with van der Waals surface area (Å²) in [6.07, 6.45) is -0.247. The molecule has 3 rings (SSSR count). The summed E-state index contributed by atoms with van der Waals surface area (Å²) in [4.78, 5) is 15.3. The number of nitrogens with zero attached hydrogens (tertiary/aromatic N) is 2. The van der Waals surface area contributed by atoms with Gasteiger partial charge in [0.15, 0.2) is 0 Å². The van der Waals surface area contributed by atoms with Crippen LogP contribution in [0.25, 0.3) is 11.0 Å². The minimum absolute atomic E-state index is 0.187. The number of primary amides is 1. The maximum absolute atomic E-state index is 10.7. The highest BCUT2D eigenvalue weighted by molar-refractivity contribution is 6.35. The maximum Gasteiger partial charge on any atom is 0.404 e. The SMILES string of the molecule is NC(=O)OCCCn1c(COc2ccc(Cl)cc2Cl)nc2cccc(N)c21. The first-order valence-corrected chi connectivity index (χ1v) is 8.95. The van der Waals surface area contributed by atoms with Crippen LogP contribution in [0, 0.1) is 0 Å². The average molecular weight is 409 g/mol. The van der Waals surface area contributed by atoms with Crippen LogP contribution in [0.4, 0.5) is 10.5 Å². The molecule has 0 saturated heterocycles. The molecule has 7 nitrogen and oxygen atoms in total. The summed E-state index contributed by atoms with van der Waals surface area (Å²) in [6, 6.07) is 10.5. The Balaban J connectivity index is 1.83. The van der Waals surface area contributed by atoms with Crippen LogP contribution in [-0.2, 0) is 17.9 Å². The Labute approximate surface area is 165 Å². The molecule has 9 heteroatoms. The van der Waals surface area contributed by atoms with Crippen molar-refractivity contribution in [2.45, 2.75) is 19.6 Å². The molecule has 2 aromatic carbocycles. The first kappa shape index (κ1) is 19.1. The Morgan fingerprint density at radius 1 is 1.22 bits per heavy atom. The molecule has 0 aliphatic rings. The van der Waals surface area contributed by atoms with Gasteiger partial charge in [0, 0.05) is 11.6 Å². The van der Waals surface area contributed by atoms with Gasteiger partial charge in [0.1, 0.15) is 18.2 Å². The van der Waals surface area contributed by atoms with Gasteiger partial charge in [-0.2, -0.15) is 0 Å². The fraction of sp³-hybridized carbons (Fsp3) is 0.222. The number of ether oxygens (including phenoxy) is 2. The molecule has 0 unspecified atom stereocenters. The standard InChI is InChI=1S/C18H18Cl2N4O3/c19-11-5-6-15(12(20)9-11)27-10-16-23-14-4-1-3-13(21)17(14)24(16)7-2-8-26-18(22)25/h1,3-6,9H,2,7-8,10,21H2,(H2,22,25). The number of carbonyl (C=O) groups excluding carboxylic acids is 1. The predicted octanol–water partition coefficient (Wildman–Crippen LogP) is 3.99. The Hall–Kier alpha value is -2.64. The van der Waals surface area contributed by atoms with Crippen molar-refractivity contribution in [3.05, 3.63) is 52.3 Å². The molecule has 3 aromatic rings. The maximum atomic E-state index is 10.7. The number of amides is 1. The number of nitrogen functional groups attached to an aromatic ring is 1. The van der Waals surface area contributed by atoms with Crippen LogP contribution < -0.4 is 16.2 Å². The minimum Gasteiger partial charge on any atom is -0.484 e. The molecule has 27 heavy (non-hydrogen) atoms. The monoisotopic (exact) mass is 408 g/mol. The quantitative estimate of drug-likeness (QED) is 0.454. The van der Waals surface area contributed by atoms with E-state index in [1.54, 1.807) is 24.3 Å². The highest BCUT2D eigenvalue weighted by atomic mass is 35.5. The van der Waals surface area contributed by atoms with Gasteiger partial charge in [-0.25, -0.2) is 9.78 Å². The zero-order valence-electron chi connectivity index (χ0n) is 14.3. The number of nitrogens with two attached hydrogens (primary N) is 2. The summed E-state index contributed by atoms with van der Waals surface area (Å²) < 4.78 is 12.5. The molecule has 0 radical (unpaired) electrons. The van der Waals surface area contributed by atoms with E-state index >= 15 is 0 Å². The van der Waals surface area contributed by atoms with Crippen LogP contribution in [0.5, 0.6) is 5.75 Å². The van der Waals surface area contributed by atoms with Gasteiger partial charge in [0.2, 0.25) is 0 Å². The van der Waals surface area contributed by atoms with E-state index in [-0.39, 0.29) is 13.2 Å². The summed E-state index contributed by atoms with van der Waals surface area (Å²) in [5, 5.41) is 0.946. The third-order valence-corrected chi connectivity index (χ3v) is 4.43. The zero-order valence-corrected chi connectivity index (χ0v) is 15.8. The van der Waals surface area contributed by atoms with Crippen LogP contribution in [0.2, 0.25) is 10.0 Å². The Morgan fingerprint density at radius 2 is 2.04 bits per heavy atom. The van der Waals surface area contributed by atoms with E-state index in [9.17, 15) is 4.79 Å². The fourth-order valence-corrected chi connectivity index (χ4v) is 3.21. The number of hydrogen-bond donors (Lipinski definition) is 2. The Bertz CT molecular complexity index is 975. The lowest BCUT2D eigenvalue weighted by Gasteiger charge is -2.12. The highest BCUT2D eigenvalue weighted by Crippen LogP contribution is 2.29. The molecule has 0 atom stereocenters. The molecular formula is C18H18Cl2N4O3. The first-order chi connectivity index (χ1) is 13.0. The smallest absolute Gasteiger partial charge is 0.404 e. The topological polar surface area (TPSA) is 105 Å². The van der Waals surface area contributed by atoms with E-state index in [0.29, 0.717) is 40.3 Å². The normalized spacial score (nSPS) is 10.9. The molecule has 0 spiro atoms. The van der Waals surface area contributed by atoms with Crippen LogP contribution in [0.15, 0.2) is 36.4 Å².